The second-order valence-electron chi connectivity index (χ2n) is 2.96. The van der Waals surface area contributed by atoms with Crippen LogP contribution in [0.2, 0.25) is 0 Å². The molecule has 0 saturated carbocycles. The number of aliphatic imine (C=N–C) groups is 1. The van der Waals surface area contributed by atoms with E-state index in [2.05, 4.69) is 4.99 Å². The third-order valence-corrected chi connectivity index (χ3v) is 1.86. The van der Waals surface area contributed by atoms with Crippen molar-refractivity contribution in [2.45, 2.75) is 6.42 Å². The molecule has 1 aromatic carbocycles. The van der Waals surface area contributed by atoms with Crippen LogP contribution in [-0.2, 0) is 16.0 Å². The van der Waals surface area contributed by atoms with Crippen LogP contribution >= 0.6 is 0 Å². The summed E-state index contributed by atoms with van der Waals surface area (Å²) in [4.78, 5) is 13.1. The molecular weight excluding hydrogens is 197 g/mol. The van der Waals surface area contributed by atoms with Gasteiger partial charge in [0.1, 0.15) is 5.82 Å². The molecule has 0 aromatic heterocycles. The maximum Gasteiger partial charge on any atom is 0.235 e. The molecule has 0 aliphatic rings. The maximum atomic E-state index is 12.5. The Bertz CT molecular complexity index is 331. The van der Waals surface area contributed by atoms with Crippen LogP contribution in [0, 0.1) is 5.82 Å². The summed E-state index contributed by atoms with van der Waals surface area (Å²) in [6.07, 6.45) is 2.16. The van der Waals surface area contributed by atoms with Crippen molar-refractivity contribution in [3.05, 3.63) is 35.6 Å². The predicted molar refractivity (Wildman–Crippen MR) is 53.9 cm³/mol. The Morgan fingerprint density at radius 2 is 2.00 bits per heavy atom. The molecule has 0 fully saturated rings. The number of rotatable bonds is 6. The highest BCUT2D eigenvalue weighted by Gasteiger charge is 1.94. The number of carbonyl (C=O) groups excluding carboxylic acids is 1. The molecule has 0 atom stereocenters. The van der Waals surface area contributed by atoms with Gasteiger partial charge in [0.15, 0.2) is 0 Å². The summed E-state index contributed by atoms with van der Waals surface area (Å²) < 4.78 is 17.7. The lowest BCUT2D eigenvalue weighted by molar-refractivity contribution is 0.145. The van der Waals surface area contributed by atoms with Gasteiger partial charge in [-0.15, -0.1) is 0 Å². The summed E-state index contributed by atoms with van der Waals surface area (Å²) >= 11 is 0. The van der Waals surface area contributed by atoms with E-state index in [4.69, 9.17) is 4.74 Å². The summed E-state index contributed by atoms with van der Waals surface area (Å²) in [5.74, 6) is -0.236. The molecule has 1 aromatic rings. The average molecular weight is 209 g/mol. The molecule has 1 rings (SSSR count). The fraction of sp³-hybridized carbons (Fsp3) is 0.364. The summed E-state index contributed by atoms with van der Waals surface area (Å²) in [7, 11) is 0. The first-order valence-corrected chi connectivity index (χ1v) is 4.69. The van der Waals surface area contributed by atoms with E-state index in [0.717, 1.165) is 12.0 Å². The van der Waals surface area contributed by atoms with Crippen LogP contribution in [0.25, 0.3) is 0 Å². The van der Waals surface area contributed by atoms with Crippen LogP contribution in [0.3, 0.4) is 0 Å². The zero-order valence-electron chi connectivity index (χ0n) is 8.28. The molecule has 0 radical (unpaired) electrons. The van der Waals surface area contributed by atoms with E-state index in [0.29, 0.717) is 19.8 Å². The quantitative estimate of drug-likeness (QED) is 0.406. The number of hydrogen-bond acceptors (Lipinski definition) is 3. The van der Waals surface area contributed by atoms with Crippen molar-refractivity contribution in [3.8, 4) is 0 Å². The lowest BCUT2D eigenvalue weighted by Gasteiger charge is -2.02. The van der Waals surface area contributed by atoms with E-state index >= 15 is 0 Å². The van der Waals surface area contributed by atoms with Crippen molar-refractivity contribution < 1.29 is 13.9 Å². The minimum absolute atomic E-state index is 0.236. The molecule has 0 bridgehead atoms. The zero-order valence-corrected chi connectivity index (χ0v) is 8.28. The van der Waals surface area contributed by atoms with Crippen LogP contribution < -0.4 is 0 Å². The standard InChI is InChI=1S/C11H12FNO2/c12-11-3-1-10(2-4-11)5-7-15-8-6-13-9-14/h1-4H,5-8H2. The topological polar surface area (TPSA) is 38.7 Å². The fourth-order valence-electron chi connectivity index (χ4n) is 1.10. The Morgan fingerprint density at radius 3 is 2.67 bits per heavy atom. The molecule has 3 nitrogen and oxygen atoms in total. The molecule has 0 N–H and O–H groups in total. The van der Waals surface area contributed by atoms with Gasteiger partial charge in [0.05, 0.1) is 19.8 Å². The molecule has 0 spiro atoms. The number of hydrogen-bond donors (Lipinski definition) is 0. The van der Waals surface area contributed by atoms with Gasteiger partial charge in [-0.25, -0.2) is 14.2 Å². The maximum absolute atomic E-state index is 12.5. The van der Waals surface area contributed by atoms with Gasteiger partial charge in [0.2, 0.25) is 6.08 Å². The second-order valence-corrected chi connectivity index (χ2v) is 2.96. The summed E-state index contributed by atoms with van der Waals surface area (Å²) in [5.41, 5.74) is 1.02. The first-order chi connectivity index (χ1) is 7.33. The second kappa shape index (κ2) is 6.87. The monoisotopic (exact) mass is 209 g/mol. The highest BCUT2D eigenvalue weighted by molar-refractivity contribution is 5.32. The number of isocyanates is 1. The molecule has 4 heteroatoms. The predicted octanol–water partition coefficient (Wildman–Crippen LogP) is 1.72. The van der Waals surface area contributed by atoms with Crippen molar-refractivity contribution in [1.29, 1.82) is 0 Å². The van der Waals surface area contributed by atoms with Gasteiger partial charge in [-0.2, -0.15) is 0 Å². The van der Waals surface area contributed by atoms with Gasteiger partial charge >= 0.3 is 0 Å². The van der Waals surface area contributed by atoms with E-state index in [9.17, 15) is 9.18 Å². The lowest BCUT2D eigenvalue weighted by Crippen LogP contribution is -2.02. The molecule has 0 aliphatic carbocycles. The summed E-state index contributed by atoms with van der Waals surface area (Å²) in [6.45, 7) is 1.30. The Hall–Kier alpha value is -1.51. The Kier molecular flexibility index (Phi) is 5.30. The first-order valence-electron chi connectivity index (χ1n) is 4.69. The van der Waals surface area contributed by atoms with Crippen LogP contribution in [-0.4, -0.2) is 25.8 Å². The number of ether oxygens (including phenoxy) is 1. The number of nitrogens with zero attached hydrogens (tertiary/aromatic N) is 1. The molecule has 0 heterocycles. The van der Waals surface area contributed by atoms with Crippen molar-refractivity contribution in [2.24, 2.45) is 4.99 Å². The largest absolute Gasteiger partial charge is 0.379 e. The summed E-state index contributed by atoms with van der Waals surface area (Å²) in [6, 6.07) is 6.29. The van der Waals surface area contributed by atoms with Crippen molar-refractivity contribution in [1.82, 2.24) is 0 Å². The molecule has 0 unspecified atom stereocenters. The van der Waals surface area contributed by atoms with E-state index in [1.54, 1.807) is 12.1 Å². The molecule has 15 heavy (non-hydrogen) atoms. The summed E-state index contributed by atoms with van der Waals surface area (Å²) in [5, 5.41) is 0. The Labute approximate surface area is 87.6 Å². The van der Waals surface area contributed by atoms with Gasteiger partial charge in [0.25, 0.3) is 0 Å². The first kappa shape index (κ1) is 11.6. The third-order valence-electron chi connectivity index (χ3n) is 1.86. The molecule has 80 valence electrons. The van der Waals surface area contributed by atoms with E-state index in [1.165, 1.54) is 18.2 Å². The minimum Gasteiger partial charge on any atom is -0.379 e. The van der Waals surface area contributed by atoms with Gasteiger partial charge in [-0.3, -0.25) is 0 Å². The van der Waals surface area contributed by atoms with Crippen LogP contribution in [0.4, 0.5) is 4.39 Å². The number of benzene rings is 1. The molecule has 0 amide bonds. The molecular formula is C11H12FNO2. The van der Waals surface area contributed by atoms with Crippen LogP contribution in [0.1, 0.15) is 5.56 Å². The van der Waals surface area contributed by atoms with E-state index < -0.39 is 0 Å². The highest BCUT2D eigenvalue weighted by atomic mass is 19.1. The zero-order chi connectivity index (χ0) is 10.9. The van der Waals surface area contributed by atoms with Crippen molar-refractivity contribution in [3.63, 3.8) is 0 Å². The minimum atomic E-state index is -0.236. The smallest absolute Gasteiger partial charge is 0.235 e. The van der Waals surface area contributed by atoms with Crippen molar-refractivity contribution in [2.75, 3.05) is 19.8 Å². The Balaban J connectivity index is 2.15. The van der Waals surface area contributed by atoms with E-state index in [-0.39, 0.29) is 5.82 Å². The lowest BCUT2D eigenvalue weighted by atomic mass is 10.2. The van der Waals surface area contributed by atoms with Crippen LogP contribution in [0.15, 0.2) is 29.3 Å². The fourth-order valence-corrected chi connectivity index (χ4v) is 1.10. The number of halogens is 1. The molecule has 0 saturated heterocycles. The SMILES string of the molecule is O=C=NCCOCCc1ccc(F)cc1. The van der Waals surface area contributed by atoms with Gasteiger partial charge in [-0.05, 0) is 24.1 Å². The van der Waals surface area contributed by atoms with Crippen molar-refractivity contribution >= 4 is 6.08 Å². The van der Waals surface area contributed by atoms with Crippen LogP contribution in [0.5, 0.6) is 0 Å². The Morgan fingerprint density at radius 1 is 1.27 bits per heavy atom. The average Bonchev–Trinajstić information content (AvgIpc) is 2.26. The molecule has 0 aliphatic heterocycles. The van der Waals surface area contributed by atoms with Gasteiger partial charge in [0, 0.05) is 0 Å². The van der Waals surface area contributed by atoms with E-state index in [1.807, 2.05) is 0 Å². The van der Waals surface area contributed by atoms with Gasteiger partial charge < -0.3 is 4.74 Å². The normalized spacial score (nSPS) is 9.67. The van der Waals surface area contributed by atoms with Gasteiger partial charge in [-0.1, -0.05) is 12.1 Å². The third kappa shape index (κ3) is 5.05. The highest BCUT2D eigenvalue weighted by Crippen LogP contribution is 2.03.